The van der Waals surface area contributed by atoms with Crippen LogP contribution in [0.5, 0.6) is 17.4 Å². The summed E-state index contributed by atoms with van der Waals surface area (Å²) in [6.07, 6.45) is 5.08. The van der Waals surface area contributed by atoms with Crippen molar-refractivity contribution >= 4 is 17.5 Å². The third-order valence-corrected chi connectivity index (χ3v) is 4.80. The molecule has 0 radical (unpaired) electrons. The number of hydrogen-bond acceptors (Lipinski definition) is 10. The second-order valence-electron chi connectivity index (χ2n) is 6.65. The number of ether oxygens (including phenoxy) is 4. The van der Waals surface area contributed by atoms with E-state index in [-0.39, 0.29) is 0 Å². The minimum absolute atomic E-state index is 0.391. The number of anilines is 3. The first-order chi connectivity index (χ1) is 15.2. The Morgan fingerprint density at radius 3 is 2.45 bits per heavy atom. The summed E-state index contributed by atoms with van der Waals surface area (Å²) in [5, 5.41) is 3.31. The first kappa shape index (κ1) is 20.6. The molecule has 10 heteroatoms. The van der Waals surface area contributed by atoms with Crippen molar-refractivity contribution in [3.8, 4) is 28.6 Å². The van der Waals surface area contributed by atoms with E-state index in [1.165, 1.54) is 0 Å². The summed E-state index contributed by atoms with van der Waals surface area (Å²) in [6.45, 7) is 2.64. The molecule has 1 N–H and O–H groups in total. The second-order valence-corrected chi connectivity index (χ2v) is 6.65. The minimum Gasteiger partial charge on any atom is -0.491 e. The second kappa shape index (κ2) is 9.43. The molecular weight excluding hydrogens is 400 g/mol. The van der Waals surface area contributed by atoms with Gasteiger partial charge in [-0.2, -0.15) is 4.98 Å². The molecule has 10 nitrogen and oxygen atoms in total. The predicted octanol–water partition coefficient (Wildman–Crippen LogP) is 2.54. The zero-order chi connectivity index (χ0) is 21.6. The van der Waals surface area contributed by atoms with Crippen LogP contribution in [0.2, 0.25) is 0 Å². The van der Waals surface area contributed by atoms with Crippen molar-refractivity contribution in [3.05, 3.63) is 36.8 Å². The van der Waals surface area contributed by atoms with Crippen molar-refractivity contribution in [2.45, 2.75) is 0 Å². The Morgan fingerprint density at radius 1 is 1.00 bits per heavy atom. The van der Waals surface area contributed by atoms with Crippen LogP contribution in [0.25, 0.3) is 11.3 Å². The molecule has 0 unspecified atom stereocenters. The molecule has 3 aromatic rings. The monoisotopic (exact) mass is 424 g/mol. The van der Waals surface area contributed by atoms with E-state index in [2.05, 4.69) is 20.2 Å². The number of methoxy groups -OCH3 is 3. The topological polar surface area (TPSA) is 104 Å². The van der Waals surface area contributed by atoms with Crippen LogP contribution in [0, 0.1) is 0 Å². The molecule has 0 aliphatic carbocycles. The molecule has 0 saturated carbocycles. The molecule has 1 aliphatic heterocycles. The molecular formula is C21H24N6O4. The summed E-state index contributed by atoms with van der Waals surface area (Å²) in [6, 6.07) is 5.52. The fourth-order valence-corrected chi connectivity index (χ4v) is 3.25. The van der Waals surface area contributed by atoms with Gasteiger partial charge in [-0.15, -0.1) is 0 Å². The first-order valence-electron chi connectivity index (χ1n) is 9.77. The van der Waals surface area contributed by atoms with Crippen LogP contribution in [-0.4, -0.2) is 67.6 Å². The highest BCUT2D eigenvalue weighted by Gasteiger charge is 2.23. The van der Waals surface area contributed by atoms with E-state index in [0.29, 0.717) is 66.7 Å². The van der Waals surface area contributed by atoms with Gasteiger partial charge in [-0.05, 0) is 18.2 Å². The molecule has 0 aromatic carbocycles. The van der Waals surface area contributed by atoms with Crippen LogP contribution in [0.3, 0.4) is 0 Å². The zero-order valence-electron chi connectivity index (χ0n) is 17.7. The average Bonchev–Trinajstić information content (AvgIpc) is 2.84. The van der Waals surface area contributed by atoms with Crippen LogP contribution in [0.15, 0.2) is 36.8 Å². The van der Waals surface area contributed by atoms with Gasteiger partial charge in [0.25, 0.3) is 5.88 Å². The van der Waals surface area contributed by atoms with E-state index in [0.717, 1.165) is 5.69 Å². The average molecular weight is 424 g/mol. The lowest BCUT2D eigenvalue weighted by atomic mass is 10.1. The minimum atomic E-state index is 0.391. The van der Waals surface area contributed by atoms with Gasteiger partial charge in [0.2, 0.25) is 5.95 Å². The number of morpholine rings is 1. The molecule has 1 aliphatic rings. The van der Waals surface area contributed by atoms with E-state index >= 15 is 0 Å². The largest absolute Gasteiger partial charge is 0.491 e. The molecule has 162 valence electrons. The predicted molar refractivity (Wildman–Crippen MR) is 115 cm³/mol. The number of aromatic nitrogens is 4. The maximum absolute atomic E-state index is 5.73. The van der Waals surface area contributed by atoms with Crippen molar-refractivity contribution in [1.29, 1.82) is 0 Å². The molecule has 0 spiro atoms. The van der Waals surface area contributed by atoms with Gasteiger partial charge in [0, 0.05) is 42.9 Å². The van der Waals surface area contributed by atoms with Gasteiger partial charge in [0.1, 0.15) is 5.69 Å². The maximum Gasteiger partial charge on any atom is 0.256 e. The highest BCUT2D eigenvalue weighted by Crippen LogP contribution is 2.39. The Morgan fingerprint density at radius 2 is 1.77 bits per heavy atom. The Labute approximate surface area is 180 Å². The lowest BCUT2D eigenvalue weighted by Crippen LogP contribution is -2.37. The van der Waals surface area contributed by atoms with E-state index < -0.39 is 0 Å². The summed E-state index contributed by atoms with van der Waals surface area (Å²) in [5.74, 6) is 2.49. The summed E-state index contributed by atoms with van der Waals surface area (Å²) < 4.78 is 21.9. The van der Waals surface area contributed by atoms with Crippen LogP contribution >= 0.6 is 0 Å². The van der Waals surface area contributed by atoms with Crippen LogP contribution in [0.4, 0.5) is 17.5 Å². The summed E-state index contributed by atoms with van der Waals surface area (Å²) in [4.78, 5) is 20.1. The van der Waals surface area contributed by atoms with Crippen molar-refractivity contribution in [2.75, 3.05) is 57.8 Å². The Bertz CT molecular complexity index is 1030. The zero-order valence-corrected chi connectivity index (χ0v) is 17.7. The lowest BCUT2D eigenvalue weighted by molar-refractivity contribution is 0.122. The Hall–Kier alpha value is -3.66. The normalized spacial score (nSPS) is 13.6. The van der Waals surface area contributed by atoms with E-state index in [4.69, 9.17) is 28.9 Å². The number of nitrogens with one attached hydrogen (secondary N) is 1. The first-order valence-corrected chi connectivity index (χ1v) is 9.77. The van der Waals surface area contributed by atoms with E-state index in [1.807, 2.05) is 18.2 Å². The van der Waals surface area contributed by atoms with Crippen molar-refractivity contribution < 1.29 is 18.9 Å². The van der Waals surface area contributed by atoms with Gasteiger partial charge in [-0.1, -0.05) is 0 Å². The quantitative estimate of drug-likeness (QED) is 0.608. The van der Waals surface area contributed by atoms with Crippen molar-refractivity contribution in [3.63, 3.8) is 0 Å². The number of rotatable bonds is 7. The Kier molecular flexibility index (Phi) is 6.27. The van der Waals surface area contributed by atoms with Crippen LogP contribution < -0.4 is 24.4 Å². The van der Waals surface area contributed by atoms with Gasteiger partial charge < -0.3 is 29.2 Å². The highest BCUT2D eigenvalue weighted by atomic mass is 16.5. The number of nitrogens with zero attached hydrogens (tertiary/aromatic N) is 5. The number of hydrogen-bond donors (Lipinski definition) is 1. The fraction of sp³-hybridized carbons (Fsp3) is 0.333. The molecule has 0 amide bonds. The van der Waals surface area contributed by atoms with Crippen molar-refractivity contribution in [2.24, 2.45) is 0 Å². The van der Waals surface area contributed by atoms with Gasteiger partial charge in [-0.25, -0.2) is 9.97 Å². The molecule has 1 saturated heterocycles. The molecule has 1 fully saturated rings. The standard InChI is InChI=1S/C21H24N6O4/c1-28-16-12-14(13-23-20(16)30-3)17-18(29-2)19(24-15-4-6-22-7-5-15)26-21(25-17)27-8-10-31-11-9-27/h4-7,12-13H,8-11H2,1-3H3,(H,22,24,25,26). The molecule has 4 heterocycles. The number of pyridine rings is 2. The van der Waals surface area contributed by atoms with Gasteiger partial charge >= 0.3 is 0 Å². The molecule has 3 aromatic heterocycles. The maximum atomic E-state index is 5.73. The smallest absolute Gasteiger partial charge is 0.256 e. The van der Waals surface area contributed by atoms with Crippen LogP contribution in [-0.2, 0) is 4.74 Å². The van der Waals surface area contributed by atoms with E-state index in [1.54, 1.807) is 39.9 Å². The molecule has 31 heavy (non-hydrogen) atoms. The van der Waals surface area contributed by atoms with Gasteiger partial charge in [0.05, 0.1) is 34.5 Å². The molecule has 0 atom stereocenters. The van der Waals surface area contributed by atoms with Crippen molar-refractivity contribution in [1.82, 2.24) is 19.9 Å². The summed E-state index contributed by atoms with van der Waals surface area (Å²) in [5.41, 5.74) is 2.13. The third-order valence-electron chi connectivity index (χ3n) is 4.80. The molecule has 4 rings (SSSR count). The summed E-state index contributed by atoms with van der Waals surface area (Å²) in [7, 11) is 4.70. The third kappa shape index (κ3) is 4.43. The van der Waals surface area contributed by atoms with E-state index in [9.17, 15) is 0 Å². The van der Waals surface area contributed by atoms with Gasteiger partial charge in [-0.3, -0.25) is 4.98 Å². The fourth-order valence-electron chi connectivity index (χ4n) is 3.25. The summed E-state index contributed by atoms with van der Waals surface area (Å²) >= 11 is 0. The van der Waals surface area contributed by atoms with Gasteiger partial charge in [0.15, 0.2) is 17.3 Å². The molecule has 0 bridgehead atoms. The lowest BCUT2D eigenvalue weighted by Gasteiger charge is -2.28. The van der Waals surface area contributed by atoms with Crippen LogP contribution in [0.1, 0.15) is 0 Å². The highest BCUT2D eigenvalue weighted by molar-refractivity contribution is 5.77. The Balaban J connectivity index is 1.85. The SMILES string of the molecule is COc1cc(-c2nc(N3CCOCC3)nc(Nc3ccncc3)c2OC)cnc1OC.